The molecule has 1 aliphatic rings. The van der Waals surface area contributed by atoms with E-state index in [1.165, 1.54) is 18.2 Å². The summed E-state index contributed by atoms with van der Waals surface area (Å²) in [5, 5.41) is 3.20. The normalized spacial score (nSPS) is 20.4. The van der Waals surface area contributed by atoms with Gasteiger partial charge in [0.05, 0.1) is 5.02 Å². The Balaban J connectivity index is 2.21. The van der Waals surface area contributed by atoms with Crippen molar-refractivity contribution in [2.45, 2.75) is 13.0 Å². The number of hydrogen-bond acceptors (Lipinski definition) is 2. The van der Waals surface area contributed by atoms with E-state index in [4.69, 9.17) is 11.6 Å². The first-order chi connectivity index (χ1) is 8.09. The lowest BCUT2D eigenvalue weighted by atomic mass is 10.1. The predicted octanol–water partition coefficient (Wildman–Crippen LogP) is 1.91. The Hall–Kier alpha value is -1.13. The first kappa shape index (κ1) is 12.3. The number of piperazine rings is 1. The van der Waals surface area contributed by atoms with Crippen LogP contribution in [-0.2, 0) is 0 Å². The van der Waals surface area contributed by atoms with Gasteiger partial charge in [0.1, 0.15) is 5.82 Å². The zero-order chi connectivity index (χ0) is 12.4. The molecule has 1 N–H and O–H groups in total. The maximum Gasteiger partial charge on any atom is 0.254 e. The number of nitrogens with zero attached hydrogens (tertiary/aromatic N) is 1. The van der Waals surface area contributed by atoms with Crippen LogP contribution in [0.5, 0.6) is 0 Å². The molecule has 3 nitrogen and oxygen atoms in total. The Bertz CT molecular complexity index is 439. The molecule has 1 atom stereocenters. The molecule has 0 aliphatic carbocycles. The Morgan fingerprint density at radius 3 is 3.00 bits per heavy atom. The maximum atomic E-state index is 13.0. The lowest BCUT2D eigenvalue weighted by molar-refractivity contribution is 0.0655. The van der Waals surface area contributed by atoms with Crippen LogP contribution < -0.4 is 5.32 Å². The standard InChI is InChI=1S/C12H14ClFN2O/c1-8-7-15-4-5-16(8)12(17)9-2-3-11(14)10(13)6-9/h2-3,6,8,15H,4-5,7H2,1H3/t8-/m0/s1. The summed E-state index contributed by atoms with van der Waals surface area (Å²) in [6, 6.07) is 4.22. The van der Waals surface area contributed by atoms with Gasteiger partial charge in [0, 0.05) is 31.2 Å². The van der Waals surface area contributed by atoms with E-state index in [0.717, 1.165) is 13.1 Å². The number of halogens is 2. The van der Waals surface area contributed by atoms with Crippen molar-refractivity contribution in [3.8, 4) is 0 Å². The highest BCUT2D eigenvalue weighted by molar-refractivity contribution is 6.31. The van der Waals surface area contributed by atoms with E-state index >= 15 is 0 Å². The van der Waals surface area contributed by atoms with Gasteiger partial charge < -0.3 is 10.2 Å². The van der Waals surface area contributed by atoms with Gasteiger partial charge in [0.25, 0.3) is 5.91 Å². The lowest BCUT2D eigenvalue weighted by Gasteiger charge is -2.34. The van der Waals surface area contributed by atoms with Gasteiger partial charge in [-0.25, -0.2) is 4.39 Å². The summed E-state index contributed by atoms with van der Waals surface area (Å²) in [5.41, 5.74) is 0.435. The molecule has 1 saturated heterocycles. The molecule has 17 heavy (non-hydrogen) atoms. The zero-order valence-electron chi connectivity index (χ0n) is 9.54. The summed E-state index contributed by atoms with van der Waals surface area (Å²) in [6.07, 6.45) is 0. The van der Waals surface area contributed by atoms with Gasteiger partial charge in [-0.3, -0.25) is 4.79 Å². The Morgan fingerprint density at radius 1 is 1.59 bits per heavy atom. The van der Waals surface area contributed by atoms with Gasteiger partial charge in [-0.2, -0.15) is 0 Å². The minimum Gasteiger partial charge on any atom is -0.333 e. The van der Waals surface area contributed by atoms with E-state index in [0.29, 0.717) is 12.1 Å². The summed E-state index contributed by atoms with van der Waals surface area (Å²) in [6.45, 7) is 4.20. The number of benzene rings is 1. The first-order valence-electron chi connectivity index (χ1n) is 5.56. The van der Waals surface area contributed by atoms with Crippen molar-refractivity contribution in [1.82, 2.24) is 10.2 Å². The van der Waals surface area contributed by atoms with E-state index in [1.807, 2.05) is 6.92 Å². The number of hydrogen-bond donors (Lipinski definition) is 1. The Kier molecular flexibility index (Phi) is 3.64. The lowest BCUT2D eigenvalue weighted by Crippen LogP contribution is -2.52. The monoisotopic (exact) mass is 256 g/mol. The van der Waals surface area contributed by atoms with Crippen molar-refractivity contribution < 1.29 is 9.18 Å². The van der Waals surface area contributed by atoms with Crippen LogP contribution in [0.25, 0.3) is 0 Å². The second kappa shape index (κ2) is 5.02. The molecule has 1 fully saturated rings. The van der Waals surface area contributed by atoms with E-state index in [9.17, 15) is 9.18 Å². The molecule has 0 aromatic heterocycles. The van der Waals surface area contributed by atoms with Crippen molar-refractivity contribution in [3.63, 3.8) is 0 Å². The minimum atomic E-state index is -0.503. The quantitative estimate of drug-likeness (QED) is 0.833. The van der Waals surface area contributed by atoms with Crippen LogP contribution in [0.3, 0.4) is 0 Å². The van der Waals surface area contributed by atoms with Crippen LogP contribution in [0.1, 0.15) is 17.3 Å². The van der Waals surface area contributed by atoms with Crippen molar-refractivity contribution in [2.24, 2.45) is 0 Å². The van der Waals surface area contributed by atoms with E-state index in [-0.39, 0.29) is 17.0 Å². The summed E-state index contributed by atoms with van der Waals surface area (Å²) in [7, 11) is 0. The smallest absolute Gasteiger partial charge is 0.254 e. The maximum absolute atomic E-state index is 13.0. The van der Waals surface area contributed by atoms with Crippen LogP contribution >= 0.6 is 11.6 Å². The fraction of sp³-hybridized carbons (Fsp3) is 0.417. The molecule has 1 aromatic rings. The van der Waals surface area contributed by atoms with Gasteiger partial charge >= 0.3 is 0 Å². The number of amides is 1. The van der Waals surface area contributed by atoms with Gasteiger partial charge in [-0.05, 0) is 25.1 Å². The molecule has 0 saturated carbocycles. The highest BCUT2D eigenvalue weighted by atomic mass is 35.5. The number of carbonyl (C=O) groups excluding carboxylic acids is 1. The molecule has 0 spiro atoms. The average molecular weight is 257 g/mol. The second-order valence-corrected chi connectivity index (χ2v) is 4.59. The highest BCUT2D eigenvalue weighted by Gasteiger charge is 2.24. The number of carbonyl (C=O) groups is 1. The van der Waals surface area contributed by atoms with Crippen molar-refractivity contribution >= 4 is 17.5 Å². The Morgan fingerprint density at radius 2 is 2.35 bits per heavy atom. The van der Waals surface area contributed by atoms with Gasteiger partial charge in [0.15, 0.2) is 0 Å². The molecule has 92 valence electrons. The molecule has 0 bridgehead atoms. The summed E-state index contributed by atoms with van der Waals surface area (Å²) in [4.78, 5) is 14.0. The molecule has 0 unspecified atom stereocenters. The molecule has 1 aliphatic heterocycles. The molecule has 0 radical (unpaired) electrons. The number of nitrogens with one attached hydrogen (secondary N) is 1. The van der Waals surface area contributed by atoms with Gasteiger partial charge in [-0.15, -0.1) is 0 Å². The third-order valence-electron chi connectivity index (χ3n) is 2.93. The topological polar surface area (TPSA) is 32.3 Å². The summed E-state index contributed by atoms with van der Waals surface area (Å²) >= 11 is 5.68. The molecule has 2 rings (SSSR count). The van der Waals surface area contributed by atoms with Crippen LogP contribution in [0.15, 0.2) is 18.2 Å². The summed E-state index contributed by atoms with van der Waals surface area (Å²) < 4.78 is 13.0. The predicted molar refractivity (Wildman–Crippen MR) is 64.8 cm³/mol. The zero-order valence-corrected chi connectivity index (χ0v) is 10.3. The van der Waals surface area contributed by atoms with Crippen LogP contribution in [0.4, 0.5) is 4.39 Å². The molecule has 1 aromatic carbocycles. The van der Waals surface area contributed by atoms with Crippen molar-refractivity contribution in [1.29, 1.82) is 0 Å². The second-order valence-electron chi connectivity index (χ2n) is 4.18. The molecule has 1 heterocycles. The van der Waals surface area contributed by atoms with Crippen LogP contribution in [0.2, 0.25) is 5.02 Å². The first-order valence-corrected chi connectivity index (χ1v) is 5.94. The van der Waals surface area contributed by atoms with E-state index in [2.05, 4.69) is 5.32 Å². The van der Waals surface area contributed by atoms with Crippen molar-refractivity contribution in [2.75, 3.05) is 19.6 Å². The molecular formula is C12H14ClFN2O. The third-order valence-corrected chi connectivity index (χ3v) is 3.22. The SMILES string of the molecule is C[C@H]1CNCCN1C(=O)c1ccc(F)c(Cl)c1. The minimum absolute atomic E-state index is 0.0152. The van der Waals surface area contributed by atoms with Crippen LogP contribution in [-0.4, -0.2) is 36.5 Å². The average Bonchev–Trinajstić information content (AvgIpc) is 2.32. The molecule has 1 amide bonds. The molecule has 5 heteroatoms. The highest BCUT2D eigenvalue weighted by Crippen LogP contribution is 2.18. The number of rotatable bonds is 1. The fourth-order valence-corrected chi connectivity index (χ4v) is 2.12. The summed E-state index contributed by atoms with van der Waals surface area (Å²) in [5.74, 6) is -0.600. The molecular weight excluding hydrogens is 243 g/mol. The van der Waals surface area contributed by atoms with Gasteiger partial charge in [0.2, 0.25) is 0 Å². The van der Waals surface area contributed by atoms with Crippen LogP contribution in [0, 0.1) is 5.82 Å². The largest absolute Gasteiger partial charge is 0.333 e. The van der Waals surface area contributed by atoms with E-state index in [1.54, 1.807) is 4.90 Å². The third kappa shape index (κ3) is 2.58. The van der Waals surface area contributed by atoms with Gasteiger partial charge in [-0.1, -0.05) is 11.6 Å². The fourth-order valence-electron chi connectivity index (χ4n) is 1.94. The Labute approximate surface area is 105 Å². The van der Waals surface area contributed by atoms with E-state index < -0.39 is 5.82 Å². The van der Waals surface area contributed by atoms with Crippen molar-refractivity contribution in [3.05, 3.63) is 34.6 Å².